The van der Waals surface area contributed by atoms with E-state index in [1.165, 1.54) is 16.8 Å². The number of nitrogens with one attached hydrogen (secondary N) is 1. The normalized spacial score (nSPS) is 15.8. The Morgan fingerprint density at radius 2 is 1.85 bits per heavy atom. The highest BCUT2D eigenvalue weighted by atomic mass is 15.3. The molecule has 0 fully saturated rings. The second kappa shape index (κ2) is 6.79. The number of fused-ring (bicyclic) bond motifs is 1. The number of hydrogen-bond donors (Lipinski definition) is 1. The van der Waals surface area contributed by atoms with E-state index in [1.807, 2.05) is 13.0 Å². The summed E-state index contributed by atoms with van der Waals surface area (Å²) in [4.78, 5) is 11.8. The van der Waals surface area contributed by atoms with E-state index >= 15 is 0 Å². The predicted octanol–water partition coefficient (Wildman–Crippen LogP) is 5.17. The second-order valence-corrected chi connectivity index (χ2v) is 6.88. The molecule has 132 valence electrons. The maximum Gasteiger partial charge on any atom is 0.232 e. The maximum atomic E-state index is 4.84. The van der Waals surface area contributed by atoms with Crippen molar-refractivity contribution in [1.82, 2.24) is 9.97 Å². The highest BCUT2D eigenvalue weighted by Crippen LogP contribution is 2.37. The predicted molar refractivity (Wildman–Crippen MR) is 108 cm³/mol. The molecule has 26 heavy (non-hydrogen) atoms. The minimum atomic E-state index is 0.352. The van der Waals surface area contributed by atoms with E-state index in [0.717, 1.165) is 36.0 Å². The van der Waals surface area contributed by atoms with E-state index in [0.29, 0.717) is 6.04 Å². The Morgan fingerprint density at radius 1 is 1.08 bits per heavy atom. The van der Waals surface area contributed by atoms with E-state index in [4.69, 9.17) is 9.97 Å². The monoisotopic (exact) mass is 344 g/mol. The van der Waals surface area contributed by atoms with Crippen molar-refractivity contribution in [2.45, 2.75) is 39.7 Å². The molecule has 1 unspecified atom stereocenters. The summed E-state index contributed by atoms with van der Waals surface area (Å²) in [7, 11) is 0. The Morgan fingerprint density at radius 3 is 2.69 bits per heavy atom. The Balaban J connectivity index is 1.71. The summed E-state index contributed by atoms with van der Waals surface area (Å²) < 4.78 is 0. The van der Waals surface area contributed by atoms with Gasteiger partial charge in [-0.3, -0.25) is 0 Å². The number of para-hydroxylation sites is 2. The van der Waals surface area contributed by atoms with Gasteiger partial charge >= 0.3 is 0 Å². The van der Waals surface area contributed by atoms with Crippen molar-refractivity contribution in [2.75, 3.05) is 10.2 Å². The van der Waals surface area contributed by atoms with Gasteiger partial charge in [-0.25, -0.2) is 4.98 Å². The third kappa shape index (κ3) is 3.03. The number of nitrogens with zero attached hydrogens (tertiary/aromatic N) is 3. The lowest BCUT2D eigenvalue weighted by Crippen LogP contribution is -2.26. The third-order valence-electron chi connectivity index (χ3n) is 4.93. The lowest BCUT2D eigenvalue weighted by molar-refractivity contribution is 0.738. The molecule has 4 nitrogen and oxygen atoms in total. The number of anilines is 4. The lowest BCUT2D eigenvalue weighted by atomic mass is 10.1. The molecule has 0 amide bonds. The second-order valence-electron chi connectivity index (χ2n) is 6.88. The van der Waals surface area contributed by atoms with E-state index in [2.05, 4.69) is 72.6 Å². The fourth-order valence-corrected chi connectivity index (χ4v) is 3.68. The van der Waals surface area contributed by atoms with Gasteiger partial charge in [-0.1, -0.05) is 43.3 Å². The summed E-state index contributed by atoms with van der Waals surface area (Å²) in [5, 5.41) is 3.49. The third-order valence-corrected chi connectivity index (χ3v) is 4.93. The molecule has 2 heterocycles. The average molecular weight is 344 g/mol. The average Bonchev–Trinajstić information content (AvgIpc) is 2.97. The summed E-state index contributed by atoms with van der Waals surface area (Å²) in [5.41, 5.74) is 5.92. The summed E-state index contributed by atoms with van der Waals surface area (Å²) in [6.45, 7) is 6.42. The molecule has 0 bridgehead atoms. The Hall–Kier alpha value is -2.88. The summed E-state index contributed by atoms with van der Waals surface area (Å²) in [6.07, 6.45) is 2.01. The van der Waals surface area contributed by atoms with Crippen molar-refractivity contribution >= 4 is 23.1 Å². The molecule has 0 saturated heterocycles. The molecular formula is C22H24N4. The molecular weight excluding hydrogens is 320 g/mol. The highest BCUT2D eigenvalue weighted by Gasteiger charge is 2.29. The Labute approximate surface area is 154 Å². The van der Waals surface area contributed by atoms with Gasteiger partial charge in [0.15, 0.2) is 0 Å². The number of aromatic nitrogens is 2. The van der Waals surface area contributed by atoms with Crippen LogP contribution in [-0.2, 0) is 12.8 Å². The van der Waals surface area contributed by atoms with Crippen LogP contribution in [0.2, 0.25) is 0 Å². The number of benzene rings is 2. The summed E-state index contributed by atoms with van der Waals surface area (Å²) >= 11 is 0. The van der Waals surface area contributed by atoms with Crippen molar-refractivity contribution in [2.24, 2.45) is 0 Å². The van der Waals surface area contributed by atoms with Gasteiger partial charge in [0.2, 0.25) is 5.95 Å². The number of hydrogen-bond acceptors (Lipinski definition) is 4. The van der Waals surface area contributed by atoms with Crippen LogP contribution in [0.3, 0.4) is 0 Å². The topological polar surface area (TPSA) is 41.1 Å². The molecule has 1 aliphatic rings. The Kier molecular flexibility index (Phi) is 4.33. The van der Waals surface area contributed by atoms with Gasteiger partial charge in [-0.2, -0.15) is 4.98 Å². The molecule has 3 aromatic rings. The minimum absolute atomic E-state index is 0.352. The summed E-state index contributed by atoms with van der Waals surface area (Å²) in [5.74, 6) is 1.60. The van der Waals surface area contributed by atoms with Crippen LogP contribution in [0.5, 0.6) is 0 Å². The van der Waals surface area contributed by atoms with Gasteiger partial charge in [0.25, 0.3) is 0 Å². The van der Waals surface area contributed by atoms with Crippen LogP contribution in [0, 0.1) is 6.92 Å². The zero-order valence-electron chi connectivity index (χ0n) is 15.5. The van der Waals surface area contributed by atoms with Crippen molar-refractivity contribution < 1.29 is 0 Å². The van der Waals surface area contributed by atoms with Crippen molar-refractivity contribution in [3.63, 3.8) is 0 Å². The molecule has 0 saturated carbocycles. The minimum Gasteiger partial charge on any atom is -0.340 e. The van der Waals surface area contributed by atoms with Crippen LogP contribution >= 0.6 is 0 Å². The summed E-state index contributed by atoms with van der Waals surface area (Å²) in [6, 6.07) is 19.3. The molecule has 4 heteroatoms. The van der Waals surface area contributed by atoms with E-state index in [-0.39, 0.29) is 0 Å². The van der Waals surface area contributed by atoms with Crippen molar-refractivity contribution in [3.8, 4) is 0 Å². The standard InChI is InChI=1S/C22H24N4/c1-4-17-9-5-7-11-19(17)24-21-13-15(2)23-22(25-21)26-16(3)14-18-10-6-8-12-20(18)26/h5-13,16H,4,14H2,1-3H3,(H,23,24,25). The van der Waals surface area contributed by atoms with E-state index in [1.54, 1.807) is 0 Å². The fourth-order valence-electron chi connectivity index (χ4n) is 3.68. The van der Waals surface area contributed by atoms with Crippen LogP contribution in [0.25, 0.3) is 0 Å². The van der Waals surface area contributed by atoms with Gasteiger partial charge in [0, 0.05) is 29.2 Å². The first-order valence-electron chi connectivity index (χ1n) is 9.23. The molecule has 0 aliphatic carbocycles. The molecule has 0 radical (unpaired) electrons. The number of rotatable bonds is 4. The van der Waals surface area contributed by atoms with Crippen molar-refractivity contribution in [1.29, 1.82) is 0 Å². The quantitative estimate of drug-likeness (QED) is 0.708. The molecule has 1 aromatic heterocycles. The molecule has 1 aliphatic heterocycles. The number of aryl methyl sites for hydroxylation is 2. The zero-order chi connectivity index (χ0) is 18.1. The van der Waals surface area contributed by atoms with Crippen LogP contribution in [0.1, 0.15) is 30.7 Å². The van der Waals surface area contributed by atoms with Crippen LogP contribution in [0.15, 0.2) is 54.6 Å². The van der Waals surface area contributed by atoms with Gasteiger partial charge in [0.05, 0.1) is 0 Å². The largest absolute Gasteiger partial charge is 0.340 e. The van der Waals surface area contributed by atoms with Crippen molar-refractivity contribution in [3.05, 3.63) is 71.4 Å². The fraction of sp³-hybridized carbons (Fsp3) is 0.273. The zero-order valence-corrected chi connectivity index (χ0v) is 15.5. The van der Waals surface area contributed by atoms with Gasteiger partial charge in [0.1, 0.15) is 5.82 Å². The van der Waals surface area contributed by atoms with Gasteiger partial charge < -0.3 is 10.2 Å². The first kappa shape index (κ1) is 16.6. The molecule has 2 aromatic carbocycles. The van der Waals surface area contributed by atoms with Gasteiger partial charge in [-0.05, 0) is 49.9 Å². The van der Waals surface area contributed by atoms with Crippen LogP contribution < -0.4 is 10.2 Å². The SMILES string of the molecule is CCc1ccccc1Nc1cc(C)nc(N2c3ccccc3CC2C)n1. The molecule has 4 rings (SSSR count). The van der Waals surface area contributed by atoms with Crippen LogP contribution in [-0.4, -0.2) is 16.0 Å². The maximum absolute atomic E-state index is 4.84. The highest BCUT2D eigenvalue weighted by molar-refractivity contribution is 5.69. The van der Waals surface area contributed by atoms with E-state index < -0.39 is 0 Å². The smallest absolute Gasteiger partial charge is 0.232 e. The lowest BCUT2D eigenvalue weighted by Gasteiger charge is -2.23. The van der Waals surface area contributed by atoms with Crippen LogP contribution in [0.4, 0.5) is 23.1 Å². The molecule has 0 spiro atoms. The Bertz CT molecular complexity index is 935. The molecule has 1 atom stereocenters. The first-order valence-corrected chi connectivity index (χ1v) is 9.23. The first-order chi connectivity index (χ1) is 12.7. The van der Waals surface area contributed by atoms with E-state index in [9.17, 15) is 0 Å². The van der Waals surface area contributed by atoms with Gasteiger partial charge in [-0.15, -0.1) is 0 Å². The molecule has 1 N–H and O–H groups in total.